The standard InChI is InChI=1S/C23H19N5O2.C22H18N6O2.C21H17N5O2S.C20H15N5O2S.CH4/c1-16-10-8-9-15-19(16)21(30)24-22-26-23(25-20(29)17-11-4-2-5-12-17)28(27-22)18-13-6-3-7-14-18;1-15-9-5-6-12-17(15)19(29)24-21-26-22(25-20(30)18-13-7-8-14-23-18)28(27-21)16-10-3-2-4-11-16;1-14-8-5-6-11-16(14)18(27)23-21-24-20(22-19(28)17-12-7-13-29-17)25-26(21)15-9-3-2-4-10-15;26-17(14-8-3-1-4-9-14)22-20-23-19(21-18(27)16-12-7-13-28-16)24-25(20)15-10-5-2-6-11-15;/h2-15H,1H3,(H2,24,25,26,27,29,30);2-14H,1H3,(H2,24,25,26,27,29,30);2-13H,1H3,(H2,22,23,24,25,27,28);1-13H,(H2,21,22,23,24,26,27);1H4. The Labute approximate surface area is 683 Å². The van der Waals surface area contributed by atoms with Crippen LogP contribution in [-0.2, 0) is 0 Å². The molecule has 586 valence electrons. The predicted molar refractivity (Wildman–Crippen MR) is 455 cm³/mol. The highest BCUT2D eigenvalue weighted by atomic mass is 32.1. The second kappa shape index (κ2) is 39.4. The van der Waals surface area contributed by atoms with Crippen LogP contribution >= 0.6 is 22.7 Å². The van der Waals surface area contributed by atoms with Crippen molar-refractivity contribution in [1.29, 1.82) is 0 Å². The van der Waals surface area contributed by atoms with Crippen molar-refractivity contribution in [1.82, 2.24) is 64.0 Å². The zero-order valence-corrected chi connectivity index (χ0v) is 64.1. The molecule has 7 aromatic heterocycles. The number of pyridine rings is 1. The molecule has 0 saturated carbocycles. The Morgan fingerprint density at radius 2 is 0.525 bits per heavy atom. The number of carbonyl (C=O) groups is 8. The Morgan fingerprint density at radius 1 is 0.263 bits per heavy atom. The fourth-order valence-electron chi connectivity index (χ4n) is 11.1. The zero-order valence-electron chi connectivity index (χ0n) is 62.4. The number of rotatable bonds is 20. The van der Waals surface area contributed by atoms with Gasteiger partial charge in [-0.2, -0.15) is 38.7 Å². The molecule has 0 bridgehead atoms. The van der Waals surface area contributed by atoms with Gasteiger partial charge in [-0.25, -0.2) is 0 Å². The summed E-state index contributed by atoms with van der Waals surface area (Å²) in [7, 11) is 0. The van der Waals surface area contributed by atoms with E-state index in [1.807, 2.05) is 201 Å². The van der Waals surface area contributed by atoms with E-state index < -0.39 is 5.91 Å². The van der Waals surface area contributed by atoms with E-state index in [4.69, 9.17) is 0 Å². The second-order valence-electron chi connectivity index (χ2n) is 25.0. The number of hydrogen-bond donors (Lipinski definition) is 8. The Morgan fingerprint density at radius 3 is 0.814 bits per heavy atom. The highest BCUT2D eigenvalue weighted by Crippen LogP contribution is 2.25. The van der Waals surface area contributed by atoms with E-state index in [9.17, 15) is 38.4 Å². The number of aryl methyl sites for hydroxylation is 3. The molecule has 16 aromatic rings. The maximum Gasteiger partial charge on any atom is 0.276 e. The highest BCUT2D eigenvalue weighted by molar-refractivity contribution is 7.12. The molecule has 29 nitrogen and oxygen atoms in total. The van der Waals surface area contributed by atoms with E-state index in [0.717, 1.165) is 16.7 Å². The molecule has 0 aliphatic rings. The summed E-state index contributed by atoms with van der Waals surface area (Å²) < 4.78 is 5.90. The summed E-state index contributed by atoms with van der Waals surface area (Å²) >= 11 is 2.64. The molecule has 0 atom stereocenters. The third kappa shape index (κ3) is 21.1. The van der Waals surface area contributed by atoms with Crippen LogP contribution in [0.15, 0.2) is 314 Å². The number of aromatic nitrogens is 13. The maximum absolute atomic E-state index is 12.8. The number of thiophene rings is 2. The Bertz CT molecular complexity index is 5930. The van der Waals surface area contributed by atoms with Crippen molar-refractivity contribution in [2.45, 2.75) is 28.2 Å². The summed E-state index contributed by atoms with van der Waals surface area (Å²) in [5.74, 6) is -1.47. The summed E-state index contributed by atoms with van der Waals surface area (Å²) in [5, 5.41) is 42.9. The van der Waals surface area contributed by atoms with E-state index in [2.05, 4.69) is 87.8 Å². The van der Waals surface area contributed by atoms with Gasteiger partial charge < -0.3 is 0 Å². The zero-order chi connectivity index (χ0) is 81.4. The molecule has 0 spiro atoms. The molecule has 31 heteroatoms. The Kier molecular flexibility index (Phi) is 27.1. The molecule has 0 saturated heterocycles. The lowest BCUT2D eigenvalue weighted by atomic mass is 10.1. The topological polar surface area (TPSA) is 369 Å². The summed E-state index contributed by atoms with van der Waals surface area (Å²) in [6.45, 7) is 5.57. The van der Waals surface area contributed by atoms with Gasteiger partial charge in [0, 0.05) is 34.0 Å². The largest absolute Gasteiger partial charge is 0.290 e. The van der Waals surface area contributed by atoms with Gasteiger partial charge >= 0.3 is 0 Å². The van der Waals surface area contributed by atoms with Gasteiger partial charge in [-0.3, -0.25) is 85.9 Å². The van der Waals surface area contributed by atoms with Crippen molar-refractivity contribution in [2.75, 3.05) is 42.5 Å². The number of benzene rings is 9. The van der Waals surface area contributed by atoms with Crippen LogP contribution in [-0.4, -0.2) is 111 Å². The number of para-hydroxylation sites is 4. The average molecular weight is 1600 g/mol. The van der Waals surface area contributed by atoms with Crippen molar-refractivity contribution >= 4 is 118 Å². The minimum absolute atomic E-state index is 0. The third-order valence-corrected chi connectivity index (χ3v) is 18.6. The summed E-state index contributed by atoms with van der Waals surface area (Å²) in [5.41, 5.74) is 8.13. The molecule has 9 aromatic carbocycles. The number of nitrogens with one attached hydrogen (secondary N) is 8. The molecule has 8 amide bonds. The van der Waals surface area contributed by atoms with Crippen molar-refractivity contribution < 1.29 is 38.4 Å². The lowest BCUT2D eigenvalue weighted by molar-refractivity contribution is 0.101. The van der Waals surface area contributed by atoms with Crippen LogP contribution in [0.5, 0.6) is 0 Å². The molecule has 118 heavy (non-hydrogen) atoms. The lowest BCUT2D eigenvalue weighted by Crippen LogP contribution is -2.17. The molecule has 7 heterocycles. The fourth-order valence-corrected chi connectivity index (χ4v) is 12.3. The third-order valence-electron chi connectivity index (χ3n) is 16.9. The average Bonchev–Trinajstić information content (AvgIpc) is 1.68. The quantitative estimate of drug-likeness (QED) is 0.0351. The van der Waals surface area contributed by atoms with Gasteiger partial charge in [0.15, 0.2) is 0 Å². The number of nitrogens with zero attached hydrogens (tertiary/aromatic N) is 13. The van der Waals surface area contributed by atoms with Crippen LogP contribution in [0.4, 0.5) is 47.6 Å². The molecule has 0 aliphatic heterocycles. The van der Waals surface area contributed by atoms with E-state index in [1.54, 1.807) is 127 Å². The molecule has 0 unspecified atom stereocenters. The molecule has 16 rings (SSSR count). The van der Waals surface area contributed by atoms with E-state index in [1.165, 1.54) is 47.6 Å². The van der Waals surface area contributed by atoms with Gasteiger partial charge in [-0.15, -0.1) is 43.1 Å². The van der Waals surface area contributed by atoms with Crippen molar-refractivity contribution in [3.63, 3.8) is 0 Å². The first-order valence-electron chi connectivity index (χ1n) is 35.9. The summed E-state index contributed by atoms with van der Waals surface area (Å²) in [6.07, 6.45) is 1.53. The first kappa shape index (κ1) is 81.3. The summed E-state index contributed by atoms with van der Waals surface area (Å²) in [6, 6.07) is 88.4. The molecule has 0 radical (unpaired) electrons. The smallest absolute Gasteiger partial charge is 0.276 e. The molecule has 0 aliphatic carbocycles. The number of anilines is 8. The number of hydrogen-bond acceptors (Lipinski definition) is 19. The van der Waals surface area contributed by atoms with Gasteiger partial charge in [-0.1, -0.05) is 189 Å². The van der Waals surface area contributed by atoms with Crippen molar-refractivity contribution in [2.24, 2.45) is 0 Å². The summed E-state index contributed by atoms with van der Waals surface area (Å²) in [4.78, 5) is 123. The van der Waals surface area contributed by atoms with E-state index in [-0.39, 0.29) is 102 Å². The normalized spacial score (nSPS) is 10.4. The molecule has 8 N–H and O–H groups in total. The van der Waals surface area contributed by atoms with Gasteiger partial charge in [0.2, 0.25) is 23.8 Å². The lowest BCUT2D eigenvalue weighted by Gasteiger charge is -2.08. The van der Waals surface area contributed by atoms with Gasteiger partial charge in [0.25, 0.3) is 71.1 Å². The van der Waals surface area contributed by atoms with Crippen LogP contribution in [0.1, 0.15) is 106 Å². The van der Waals surface area contributed by atoms with Gasteiger partial charge in [0.05, 0.1) is 32.5 Å². The molecular formula is C87H73N21O8S2. The van der Waals surface area contributed by atoms with Crippen LogP contribution < -0.4 is 42.5 Å². The van der Waals surface area contributed by atoms with E-state index in [0.29, 0.717) is 60.3 Å². The Balaban J connectivity index is 0.000000144. The monoisotopic (exact) mass is 1600 g/mol. The van der Waals surface area contributed by atoms with Crippen molar-refractivity contribution in [3.05, 3.63) is 374 Å². The minimum Gasteiger partial charge on any atom is -0.290 e. The number of carbonyl (C=O) groups excluding carboxylic acids is 8. The first-order chi connectivity index (χ1) is 57.0. The van der Waals surface area contributed by atoms with Crippen molar-refractivity contribution in [3.8, 4) is 22.7 Å². The van der Waals surface area contributed by atoms with Gasteiger partial charge in [0.1, 0.15) is 5.69 Å². The maximum atomic E-state index is 12.8. The SMILES string of the molecule is C.Cc1ccccc1C(=O)Nc1nc(NC(=O)c2ccccc2)n(-c2ccccc2)n1.Cc1ccccc1C(=O)Nc1nc(NC(=O)c2ccccn2)n(-c2ccccc2)n1.Cc1ccccc1C(=O)Nc1nc(NC(=O)c2cccs2)nn1-c1ccccc1.O=C(Nc1nc(NC(=O)c2cccs2)nn1-c1ccccc1)c1ccccc1. The van der Waals surface area contributed by atoms with E-state index >= 15 is 0 Å². The number of amides is 8. The highest BCUT2D eigenvalue weighted by Gasteiger charge is 2.24. The fraction of sp³-hybridized carbons (Fsp3) is 0.0460. The van der Waals surface area contributed by atoms with Crippen LogP contribution in [0.3, 0.4) is 0 Å². The van der Waals surface area contributed by atoms with Gasteiger partial charge in [-0.05, 0) is 163 Å². The second-order valence-corrected chi connectivity index (χ2v) is 26.9. The molecular weight excluding hydrogens is 1530 g/mol. The predicted octanol–water partition coefficient (Wildman–Crippen LogP) is 16.2. The van der Waals surface area contributed by atoms with Crippen LogP contribution in [0.2, 0.25) is 0 Å². The molecule has 0 fully saturated rings. The minimum atomic E-state index is -0.433. The van der Waals surface area contributed by atoms with Crippen LogP contribution in [0, 0.1) is 20.8 Å². The first-order valence-corrected chi connectivity index (χ1v) is 37.7. The van der Waals surface area contributed by atoms with Crippen LogP contribution in [0.25, 0.3) is 22.7 Å². The Hall–Kier alpha value is -16.2.